The van der Waals surface area contributed by atoms with Crippen molar-refractivity contribution < 1.29 is 19.8 Å². The lowest BCUT2D eigenvalue weighted by molar-refractivity contribution is -0.142. The van der Waals surface area contributed by atoms with Crippen molar-refractivity contribution in [2.24, 2.45) is 5.92 Å². The van der Waals surface area contributed by atoms with Crippen molar-refractivity contribution in [1.29, 1.82) is 0 Å². The summed E-state index contributed by atoms with van der Waals surface area (Å²) in [7, 11) is 0. The van der Waals surface area contributed by atoms with Gasteiger partial charge in [-0.2, -0.15) is 0 Å². The SMILES string of the molecule is O=C(O)CCCCCCCC(Cc1ccccc1)C(=O)O. The highest BCUT2D eigenvalue weighted by Gasteiger charge is 2.17. The first-order valence-corrected chi connectivity index (χ1v) is 7.58. The normalized spacial score (nSPS) is 12.0. The second-order valence-corrected chi connectivity index (χ2v) is 5.43. The maximum absolute atomic E-state index is 11.3. The van der Waals surface area contributed by atoms with Crippen molar-refractivity contribution in [2.75, 3.05) is 0 Å². The summed E-state index contributed by atoms with van der Waals surface area (Å²) < 4.78 is 0. The van der Waals surface area contributed by atoms with Gasteiger partial charge in [0.2, 0.25) is 0 Å². The highest BCUT2D eigenvalue weighted by atomic mass is 16.4. The van der Waals surface area contributed by atoms with E-state index >= 15 is 0 Å². The Morgan fingerprint density at radius 3 is 2.14 bits per heavy atom. The maximum Gasteiger partial charge on any atom is 0.306 e. The molecule has 0 amide bonds. The lowest BCUT2D eigenvalue weighted by atomic mass is 9.93. The molecule has 1 atom stereocenters. The molecule has 1 rings (SSSR count). The number of carbonyl (C=O) groups is 2. The van der Waals surface area contributed by atoms with Crippen molar-refractivity contribution in [3.05, 3.63) is 35.9 Å². The van der Waals surface area contributed by atoms with Crippen LogP contribution in [0.15, 0.2) is 30.3 Å². The first-order valence-electron chi connectivity index (χ1n) is 7.58. The van der Waals surface area contributed by atoms with Gasteiger partial charge in [-0.15, -0.1) is 0 Å². The van der Waals surface area contributed by atoms with Crippen molar-refractivity contribution >= 4 is 11.9 Å². The molecule has 1 aromatic carbocycles. The number of benzene rings is 1. The number of unbranched alkanes of at least 4 members (excludes halogenated alkanes) is 4. The number of carboxylic acid groups (broad SMARTS) is 2. The van der Waals surface area contributed by atoms with Crippen LogP contribution in [0.3, 0.4) is 0 Å². The van der Waals surface area contributed by atoms with Gasteiger partial charge >= 0.3 is 11.9 Å². The zero-order valence-corrected chi connectivity index (χ0v) is 12.3. The molecule has 0 fully saturated rings. The fraction of sp³-hybridized carbons (Fsp3) is 0.529. The van der Waals surface area contributed by atoms with Gasteiger partial charge in [0.1, 0.15) is 0 Å². The van der Waals surface area contributed by atoms with Crippen molar-refractivity contribution in [1.82, 2.24) is 0 Å². The number of carboxylic acids is 2. The topological polar surface area (TPSA) is 74.6 Å². The summed E-state index contributed by atoms with van der Waals surface area (Å²) >= 11 is 0. The lowest BCUT2D eigenvalue weighted by Crippen LogP contribution is -2.16. The van der Waals surface area contributed by atoms with Crippen LogP contribution in [0.2, 0.25) is 0 Å². The minimum Gasteiger partial charge on any atom is -0.481 e. The lowest BCUT2D eigenvalue weighted by Gasteiger charge is -2.12. The number of hydrogen-bond acceptors (Lipinski definition) is 2. The Kier molecular flexibility index (Phi) is 8.17. The number of aliphatic carboxylic acids is 2. The molecule has 0 bridgehead atoms. The first kappa shape index (κ1) is 17.2. The molecule has 21 heavy (non-hydrogen) atoms. The molecule has 2 N–H and O–H groups in total. The predicted molar refractivity (Wildman–Crippen MR) is 81.2 cm³/mol. The van der Waals surface area contributed by atoms with Gasteiger partial charge in [0.05, 0.1) is 5.92 Å². The van der Waals surface area contributed by atoms with Crippen LogP contribution >= 0.6 is 0 Å². The Morgan fingerprint density at radius 1 is 0.905 bits per heavy atom. The van der Waals surface area contributed by atoms with E-state index in [-0.39, 0.29) is 12.3 Å². The summed E-state index contributed by atoms with van der Waals surface area (Å²) in [6, 6.07) is 9.70. The van der Waals surface area contributed by atoms with E-state index in [1.54, 1.807) is 0 Å². The van der Waals surface area contributed by atoms with E-state index in [1.165, 1.54) is 0 Å². The third kappa shape index (κ3) is 8.12. The van der Waals surface area contributed by atoms with Gasteiger partial charge in [-0.1, -0.05) is 56.0 Å². The van der Waals surface area contributed by atoms with Gasteiger partial charge in [0.25, 0.3) is 0 Å². The minimum atomic E-state index is -0.746. The van der Waals surface area contributed by atoms with Crippen molar-refractivity contribution in [3.8, 4) is 0 Å². The zero-order valence-electron chi connectivity index (χ0n) is 12.3. The molecule has 1 unspecified atom stereocenters. The van der Waals surface area contributed by atoms with E-state index in [4.69, 9.17) is 5.11 Å². The summed E-state index contributed by atoms with van der Waals surface area (Å²) in [6.07, 6.45) is 5.94. The molecule has 0 aromatic heterocycles. The largest absolute Gasteiger partial charge is 0.481 e. The second-order valence-electron chi connectivity index (χ2n) is 5.43. The highest BCUT2D eigenvalue weighted by Crippen LogP contribution is 2.17. The van der Waals surface area contributed by atoms with Crippen LogP contribution in [0.1, 0.15) is 50.5 Å². The fourth-order valence-corrected chi connectivity index (χ4v) is 2.41. The van der Waals surface area contributed by atoms with E-state index < -0.39 is 11.9 Å². The van der Waals surface area contributed by atoms with Crippen LogP contribution in [-0.2, 0) is 16.0 Å². The van der Waals surface area contributed by atoms with Gasteiger partial charge < -0.3 is 10.2 Å². The monoisotopic (exact) mass is 292 g/mol. The number of rotatable bonds is 11. The van der Waals surface area contributed by atoms with Gasteiger partial charge in [0, 0.05) is 6.42 Å². The molecule has 4 heteroatoms. The van der Waals surface area contributed by atoms with E-state index in [0.717, 1.165) is 31.2 Å². The van der Waals surface area contributed by atoms with Gasteiger partial charge in [0.15, 0.2) is 0 Å². The smallest absolute Gasteiger partial charge is 0.306 e. The molecule has 0 saturated heterocycles. The van der Waals surface area contributed by atoms with Gasteiger partial charge in [-0.25, -0.2) is 0 Å². The van der Waals surface area contributed by atoms with E-state index in [9.17, 15) is 14.7 Å². The molecule has 0 aliphatic heterocycles. The van der Waals surface area contributed by atoms with Gasteiger partial charge in [-0.3, -0.25) is 9.59 Å². The molecule has 0 aliphatic rings. The molecule has 4 nitrogen and oxygen atoms in total. The molecule has 1 aromatic rings. The summed E-state index contributed by atoms with van der Waals surface area (Å²) in [6.45, 7) is 0. The van der Waals surface area contributed by atoms with E-state index in [0.29, 0.717) is 19.3 Å². The molecule has 0 spiro atoms. The Balaban J connectivity index is 2.20. The Morgan fingerprint density at radius 2 is 1.52 bits per heavy atom. The number of hydrogen-bond donors (Lipinski definition) is 2. The third-order valence-electron chi connectivity index (χ3n) is 3.62. The van der Waals surface area contributed by atoms with E-state index in [2.05, 4.69) is 0 Å². The molecule has 0 radical (unpaired) electrons. The maximum atomic E-state index is 11.3. The average Bonchev–Trinajstić information content (AvgIpc) is 2.45. The van der Waals surface area contributed by atoms with Crippen LogP contribution in [0.4, 0.5) is 0 Å². The molecular weight excluding hydrogens is 268 g/mol. The Hall–Kier alpha value is -1.84. The summed E-state index contributed by atoms with van der Waals surface area (Å²) in [4.78, 5) is 21.6. The second kappa shape index (κ2) is 9.97. The average molecular weight is 292 g/mol. The van der Waals surface area contributed by atoms with Crippen LogP contribution in [0.25, 0.3) is 0 Å². The zero-order chi connectivity index (χ0) is 15.5. The molecule has 0 saturated carbocycles. The van der Waals surface area contributed by atoms with Crippen molar-refractivity contribution in [2.45, 2.75) is 51.4 Å². The van der Waals surface area contributed by atoms with Crippen LogP contribution < -0.4 is 0 Å². The third-order valence-corrected chi connectivity index (χ3v) is 3.62. The summed E-state index contributed by atoms with van der Waals surface area (Å²) in [5.41, 5.74) is 1.06. The van der Waals surface area contributed by atoms with E-state index in [1.807, 2.05) is 30.3 Å². The standard InChI is InChI=1S/C17H24O4/c18-16(19)12-8-3-1-2-7-11-15(17(20)21)13-14-9-5-4-6-10-14/h4-6,9-10,15H,1-3,7-8,11-13H2,(H,18,19)(H,20,21). The van der Waals surface area contributed by atoms with Crippen LogP contribution in [-0.4, -0.2) is 22.2 Å². The molecule has 0 aliphatic carbocycles. The van der Waals surface area contributed by atoms with Gasteiger partial charge in [-0.05, 0) is 24.8 Å². The first-order chi connectivity index (χ1) is 10.1. The molecule has 116 valence electrons. The molecular formula is C17H24O4. The van der Waals surface area contributed by atoms with Crippen LogP contribution in [0, 0.1) is 5.92 Å². The highest BCUT2D eigenvalue weighted by molar-refractivity contribution is 5.70. The van der Waals surface area contributed by atoms with Crippen LogP contribution in [0.5, 0.6) is 0 Å². The van der Waals surface area contributed by atoms with Crippen molar-refractivity contribution in [3.63, 3.8) is 0 Å². The Bertz CT molecular complexity index is 428. The predicted octanol–water partition coefficient (Wildman–Crippen LogP) is 3.75. The quantitative estimate of drug-likeness (QED) is 0.609. The summed E-state index contributed by atoms with van der Waals surface area (Å²) in [5, 5.41) is 17.8. The summed E-state index contributed by atoms with van der Waals surface area (Å²) in [5.74, 6) is -1.81. The minimum absolute atomic E-state index is 0.228. The fourth-order valence-electron chi connectivity index (χ4n) is 2.41. The Labute approximate surface area is 125 Å². The molecule has 0 heterocycles.